The van der Waals surface area contributed by atoms with Gasteiger partial charge >= 0.3 is 5.97 Å². The number of ether oxygens (including phenoxy) is 2. The van der Waals surface area contributed by atoms with Crippen LogP contribution in [0, 0.1) is 0 Å². The minimum Gasteiger partial charge on any atom is -0.462 e. The summed E-state index contributed by atoms with van der Waals surface area (Å²) in [7, 11) is 0. The van der Waals surface area contributed by atoms with Gasteiger partial charge in [0.25, 0.3) is 0 Å². The predicted molar refractivity (Wildman–Crippen MR) is 70.2 cm³/mol. The Bertz CT molecular complexity index is 453. The summed E-state index contributed by atoms with van der Waals surface area (Å²) in [6.07, 6.45) is -1.31. The highest BCUT2D eigenvalue weighted by Gasteiger charge is 2.29. The molecule has 1 saturated heterocycles. The summed E-state index contributed by atoms with van der Waals surface area (Å²) in [6.45, 7) is 2.61. The van der Waals surface area contributed by atoms with Gasteiger partial charge in [0, 0.05) is 6.54 Å². The lowest BCUT2D eigenvalue weighted by Crippen LogP contribution is -2.58. The Morgan fingerprint density at radius 2 is 2.21 bits per heavy atom. The minimum absolute atomic E-state index is 0.310. The molecule has 1 heterocycles. The Morgan fingerprint density at radius 3 is 2.89 bits per heavy atom. The highest BCUT2D eigenvalue weighted by Crippen LogP contribution is 2.25. The van der Waals surface area contributed by atoms with Gasteiger partial charge in [-0.15, -0.1) is 0 Å². The average molecular weight is 265 g/mol. The van der Waals surface area contributed by atoms with E-state index in [1.807, 2.05) is 12.1 Å². The smallest absolute Gasteiger partial charge is 0.338 e. The van der Waals surface area contributed by atoms with Gasteiger partial charge in [-0.05, 0) is 18.6 Å². The molecule has 0 radical (unpaired) electrons. The average Bonchev–Trinajstić information content (AvgIpc) is 2.42. The number of rotatable bonds is 3. The zero-order chi connectivity index (χ0) is 13.8. The van der Waals surface area contributed by atoms with Crippen LogP contribution in [-0.4, -0.2) is 31.5 Å². The molecule has 3 unspecified atom stereocenters. The topological polar surface area (TPSA) is 99.6 Å². The molecule has 0 saturated carbocycles. The molecular formula is C13H19N3O3. The lowest BCUT2D eigenvalue weighted by atomic mass is 10.0. The van der Waals surface area contributed by atoms with E-state index in [1.54, 1.807) is 19.1 Å². The first-order valence-electron chi connectivity index (χ1n) is 6.29. The van der Waals surface area contributed by atoms with Gasteiger partial charge in [-0.25, -0.2) is 4.79 Å². The lowest BCUT2D eigenvalue weighted by Gasteiger charge is -2.34. The van der Waals surface area contributed by atoms with Crippen LogP contribution in [0.4, 0.5) is 0 Å². The van der Waals surface area contributed by atoms with Crippen molar-refractivity contribution >= 4 is 5.97 Å². The first-order chi connectivity index (χ1) is 9.13. The number of carbonyl (C=O) groups excluding carboxylic acids is 1. The number of benzene rings is 1. The number of hydrogen-bond acceptors (Lipinski definition) is 6. The molecule has 0 bridgehead atoms. The van der Waals surface area contributed by atoms with Gasteiger partial charge in [0.15, 0.2) is 0 Å². The van der Waals surface area contributed by atoms with Crippen LogP contribution in [-0.2, 0) is 9.47 Å². The zero-order valence-electron chi connectivity index (χ0n) is 10.8. The molecule has 1 aliphatic heterocycles. The van der Waals surface area contributed by atoms with Crippen molar-refractivity contribution in [2.24, 2.45) is 11.5 Å². The Morgan fingerprint density at radius 1 is 1.47 bits per heavy atom. The number of morpholine rings is 1. The molecular weight excluding hydrogens is 246 g/mol. The fourth-order valence-corrected chi connectivity index (χ4v) is 2.04. The lowest BCUT2D eigenvalue weighted by molar-refractivity contribution is -0.0604. The molecule has 6 heteroatoms. The number of nitrogens with one attached hydrogen (secondary N) is 1. The molecule has 0 aromatic heterocycles. The summed E-state index contributed by atoms with van der Waals surface area (Å²) in [6, 6.07) is 7.19. The normalized spacial score (nSPS) is 27.0. The van der Waals surface area contributed by atoms with Gasteiger partial charge in [0.1, 0.15) is 6.23 Å². The van der Waals surface area contributed by atoms with Crippen molar-refractivity contribution in [1.82, 2.24) is 5.32 Å². The van der Waals surface area contributed by atoms with Crippen LogP contribution in [0.15, 0.2) is 24.3 Å². The number of nitrogens with two attached hydrogens (primary N) is 2. The maximum atomic E-state index is 11.9. The molecule has 1 aromatic rings. The third-order valence-corrected chi connectivity index (χ3v) is 3.02. The number of carbonyl (C=O) groups is 1. The Labute approximate surface area is 112 Å². The summed E-state index contributed by atoms with van der Waals surface area (Å²) in [5.41, 5.74) is 12.7. The van der Waals surface area contributed by atoms with E-state index >= 15 is 0 Å². The van der Waals surface area contributed by atoms with Crippen molar-refractivity contribution in [3.05, 3.63) is 35.4 Å². The van der Waals surface area contributed by atoms with Crippen LogP contribution in [0.1, 0.15) is 28.9 Å². The van der Waals surface area contributed by atoms with Crippen LogP contribution in [0.5, 0.6) is 0 Å². The molecule has 1 fully saturated rings. The maximum Gasteiger partial charge on any atom is 0.338 e. The predicted octanol–water partition coefficient (Wildman–Crippen LogP) is 0.0938. The third-order valence-electron chi connectivity index (χ3n) is 3.02. The maximum absolute atomic E-state index is 11.9. The number of esters is 1. The molecule has 2 rings (SSSR count). The van der Waals surface area contributed by atoms with Gasteiger partial charge < -0.3 is 20.9 Å². The molecule has 0 amide bonds. The third kappa shape index (κ3) is 3.10. The quantitative estimate of drug-likeness (QED) is 0.670. The Hall–Kier alpha value is -1.47. The summed E-state index contributed by atoms with van der Waals surface area (Å²) < 4.78 is 10.7. The van der Waals surface area contributed by atoms with E-state index in [0.717, 1.165) is 5.56 Å². The van der Waals surface area contributed by atoms with E-state index in [2.05, 4.69) is 5.32 Å². The van der Waals surface area contributed by atoms with E-state index < -0.39 is 12.4 Å². The second-order valence-electron chi connectivity index (χ2n) is 4.33. The summed E-state index contributed by atoms with van der Waals surface area (Å²) in [5.74, 6) is -0.356. The van der Waals surface area contributed by atoms with E-state index in [-0.39, 0.29) is 12.1 Å². The van der Waals surface area contributed by atoms with Crippen LogP contribution >= 0.6 is 0 Å². The van der Waals surface area contributed by atoms with E-state index in [9.17, 15) is 4.79 Å². The second-order valence-corrected chi connectivity index (χ2v) is 4.33. The van der Waals surface area contributed by atoms with Crippen LogP contribution in [0.2, 0.25) is 0 Å². The van der Waals surface area contributed by atoms with Crippen molar-refractivity contribution in [2.75, 3.05) is 13.2 Å². The number of hydrogen-bond donors (Lipinski definition) is 3. The van der Waals surface area contributed by atoms with E-state index in [0.29, 0.717) is 18.7 Å². The Kier molecular flexibility index (Phi) is 4.49. The molecule has 0 spiro atoms. The molecule has 0 aliphatic carbocycles. The zero-order valence-corrected chi connectivity index (χ0v) is 10.8. The summed E-state index contributed by atoms with van der Waals surface area (Å²) in [4.78, 5) is 11.9. The van der Waals surface area contributed by atoms with Crippen LogP contribution in [0.25, 0.3) is 0 Å². The fraction of sp³-hybridized carbons (Fsp3) is 0.462. The molecule has 3 atom stereocenters. The van der Waals surface area contributed by atoms with Crippen molar-refractivity contribution in [2.45, 2.75) is 25.4 Å². The van der Waals surface area contributed by atoms with Crippen molar-refractivity contribution in [3.63, 3.8) is 0 Å². The first kappa shape index (κ1) is 14.0. The largest absolute Gasteiger partial charge is 0.462 e. The van der Waals surface area contributed by atoms with Gasteiger partial charge in [-0.1, -0.05) is 18.2 Å². The Balaban J connectivity index is 2.22. The summed E-state index contributed by atoms with van der Waals surface area (Å²) >= 11 is 0. The van der Waals surface area contributed by atoms with Crippen molar-refractivity contribution < 1.29 is 14.3 Å². The van der Waals surface area contributed by atoms with Gasteiger partial charge in [-0.3, -0.25) is 5.32 Å². The van der Waals surface area contributed by atoms with Crippen LogP contribution in [0.3, 0.4) is 0 Å². The van der Waals surface area contributed by atoms with Crippen molar-refractivity contribution in [3.8, 4) is 0 Å². The molecule has 1 aliphatic rings. The standard InChI is InChI=1S/C13H19N3O3/c1-2-18-13(17)9-6-4-3-5-8(9)10-7-16-11(14)12(15)19-10/h3-6,10-12,16H,2,7,14-15H2,1H3. The summed E-state index contributed by atoms with van der Waals surface area (Å²) in [5, 5.41) is 3.05. The van der Waals surface area contributed by atoms with Gasteiger partial charge in [0.2, 0.25) is 0 Å². The monoisotopic (exact) mass is 265 g/mol. The fourth-order valence-electron chi connectivity index (χ4n) is 2.04. The SMILES string of the molecule is CCOC(=O)c1ccccc1C1CNC(N)C(N)O1. The van der Waals surface area contributed by atoms with Gasteiger partial charge in [0.05, 0.1) is 24.4 Å². The minimum atomic E-state index is -0.603. The highest BCUT2D eigenvalue weighted by molar-refractivity contribution is 5.91. The molecule has 6 nitrogen and oxygen atoms in total. The molecule has 5 N–H and O–H groups in total. The first-order valence-corrected chi connectivity index (χ1v) is 6.29. The van der Waals surface area contributed by atoms with Gasteiger partial charge in [-0.2, -0.15) is 0 Å². The van der Waals surface area contributed by atoms with Crippen molar-refractivity contribution in [1.29, 1.82) is 0 Å². The molecule has 104 valence electrons. The van der Waals surface area contributed by atoms with Crippen LogP contribution < -0.4 is 16.8 Å². The molecule has 19 heavy (non-hydrogen) atoms. The van der Waals surface area contributed by atoms with E-state index in [1.165, 1.54) is 0 Å². The molecule has 1 aromatic carbocycles. The van der Waals surface area contributed by atoms with E-state index in [4.69, 9.17) is 20.9 Å². The highest BCUT2D eigenvalue weighted by atomic mass is 16.5. The second kappa shape index (κ2) is 6.12.